The molecule has 2 N–H and O–H groups in total. The van der Waals surface area contributed by atoms with Crippen LogP contribution in [0.25, 0.3) is 0 Å². The zero-order chi connectivity index (χ0) is 14.7. The molecule has 0 aromatic rings. The van der Waals surface area contributed by atoms with Crippen LogP contribution in [0.1, 0.15) is 46.0 Å². The Balaban J connectivity index is 2.04. The van der Waals surface area contributed by atoms with E-state index >= 15 is 0 Å². The van der Waals surface area contributed by atoms with Gasteiger partial charge in [-0.1, -0.05) is 20.3 Å². The number of aliphatic carboxylic acids is 1. The molecular weight excluding hydrogens is 256 g/mol. The van der Waals surface area contributed by atoms with Gasteiger partial charge in [-0.15, -0.1) is 0 Å². The van der Waals surface area contributed by atoms with E-state index in [9.17, 15) is 14.7 Å². The fourth-order valence-corrected chi connectivity index (χ4v) is 3.39. The highest BCUT2D eigenvalue weighted by Crippen LogP contribution is 2.26. The van der Waals surface area contributed by atoms with Crippen LogP contribution in [-0.4, -0.2) is 47.1 Å². The Kier molecular flexibility index (Phi) is 5.02. The molecule has 0 bridgehead atoms. The molecule has 114 valence electrons. The number of nitrogens with one attached hydrogen (secondary N) is 1. The molecule has 2 heterocycles. The van der Waals surface area contributed by atoms with Gasteiger partial charge in [0.25, 0.3) is 0 Å². The number of carbonyl (C=O) groups excluding carboxylic acids is 1. The zero-order valence-corrected chi connectivity index (χ0v) is 12.5. The van der Waals surface area contributed by atoms with Gasteiger partial charge < -0.3 is 15.3 Å². The average molecular weight is 282 g/mol. The quantitative estimate of drug-likeness (QED) is 0.822. The maximum Gasteiger partial charge on any atom is 0.326 e. The minimum Gasteiger partial charge on any atom is -0.480 e. The third kappa shape index (κ3) is 3.32. The summed E-state index contributed by atoms with van der Waals surface area (Å²) in [6.07, 6.45) is 4.52. The molecule has 4 unspecified atom stereocenters. The van der Waals surface area contributed by atoms with E-state index in [2.05, 4.69) is 19.2 Å². The first kappa shape index (κ1) is 15.3. The van der Waals surface area contributed by atoms with E-state index in [1.165, 1.54) is 0 Å². The molecule has 5 heteroatoms. The van der Waals surface area contributed by atoms with Gasteiger partial charge in [0.15, 0.2) is 0 Å². The minimum atomic E-state index is -0.868. The highest BCUT2D eigenvalue weighted by molar-refractivity contribution is 5.87. The van der Waals surface area contributed by atoms with Gasteiger partial charge in [-0.25, -0.2) is 4.79 Å². The van der Waals surface area contributed by atoms with E-state index in [4.69, 9.17) is 0 Å². The lowest BCUT2D eigenvalue weighted by molar-refractivity contribution is -0.154. The normalized spacial score (nSPS) is 34.8. The summed E-state index contributed by atoms with van der Waals surface area (Å²) in [5.41, 5.74) is 0. The minimum absolute atomic E-state index is 0.0116. The summed E-state index contributed by atoms with van der Waals surface area (Å²) in [5, 5.41) is 12.6. The van der Waals surface area contributed by atoms with Crippen LogP contribution >= 0.6 is 0 Å². The smallest absolute Gasteiger partial charge is 0.326 e. The summed E-state index contributed by atoms with van der Waals surface area (Å²) >= 11 is 0. The SMILES string of the molecule is CCC1CCNC(C(=O)N2CCC(C)CC2C(=O)O)C1. The van der Waals surface area contributed by atoms with E-state index in [-0.39, 0.29) is 11.9 Å². The maximum absolute atomic E-state index is 12.6. The van der Waals surface area contributed by atoms with Crippen LogP contribution in [0.3, 0.4) is 0 Å². The van der Waals surface area contributed by atoms with Crippen LogP contribution in [0.2, 0.25) is 0 Å². The molecule has 1 amide bonds. The molecule has 0 saturated carbocycles. The molecule has 4 atom stereocenters. The molecule has 0 aliphatic carbocycles. The van der Waals surface area contributed by atoms with Gasteiger partial charge in [0.2, 0.25) is 5.91 Å². The van der Waals surface area contributed by atoms with Crippen LogP contribution in [0, 0.1) is 11.8 Å². The summed E-state index contributed by atoms with van der Waals surface area (Å²) in [4.78, 5) is 25.6. The number of rotatable bonds is 3. The van der Waals surface area contributed by atoms with Crippen LogP contribution in [-0.2, 0) is 9.59 Å². The molecule has 0 spiro atoms. The van der Waals surface area contributed by atoms with Crippen molar-refractivity contribution in [2.45, 2.75) is 58.0 Å². The second kappa shape index (κ2) is 6.57. The third-order valence-corrected chi connectivity index (χ3v) is 4.82. The lowest BCUT2D eigenvalue weighted by atomic mass is 9.87. The first-order valence-corrected chi connectivity index (χ1v) is 7.79. The lowest BCUT2D eigenvalue weighted by Gasteiger charge is -2.39. The van der Waals surface area contributed by atoms with Crippen LogP contribution in [0.15, 0.2) is 0 Å². The van der Waals surface area contributed by atoms with E-state index in [0.29, 0.717) is 24.8 Å². The Bertz CT molecular complexity index is 372. The Morgan fingerprint density at radius 1 is 1.30 bits per heavy atom. The van der Waals surface area contributed by atoms with Gasteiger partial charge in [-0.2, -0.15) is 0 Å². The Morgan fingerprint density at radius 2 is 2.05 bits per heavy atom. The second-order valence-electron chi connectivity index (χ2n) is 6.32. The number of carbonyl (C=O) groups is 2. The van der Waals surface area contributed by atoms with Crippen LogP contribution in [0.4, 0.5) is 0 Å². The number of carboxylic acid groups (broad SMARTS) is 1. The lowest BCUT2D eigenvalue weighted by Crippen LogP contribution is -2.57. The second-order valence-corrected chi connectivity index (χ2v) is 6.32. The summed E-state index contributed by atoms with van der Waals surface area (Å²) < 4.78 is 0. The van der Waals surface area contributed by atoms with Gasteiger partial charge in [-0.05, 0) is 44.1 Å². The van der Waals surface area contributed by atoms with Crippen molar-refractivity contribution in [3.05, 3.63) is 0 Å². The molecule has 2 saturated heterocycles. The number of hydrogen-bond donors (Lipinski definition) is 2. The van der Waals surface area contributed by atoms with Gasteiger partial charge in [0, 0.05) is 6.54 Å². The van der Waals surface area contributed by atoms with Crippen molar-refractivity contribution in [2.75, 3.05) is 13.1 Å². The Labute approximate surface area is 120 Å². The van der Waals surface area contributed by atoms with E-state index in [1.807, 2.05) is 0 Å². The van der Waals surface area contributed by atoms with E-state index < -0.39 is 12.0 Å². The summed E-state index contributed by atoms with van der Waals surface area (Å²) in [6, 6.07) is -0.834. The molecule has 0 aromatic carbocycles. The number of piperidine rings is 2. The third-order valence-electron chi connectivity index (χ3n) is 4.82. The molecule has 20 heavy (non-hydrogen) atoms. The van der Waals surface area contributed by atoms with Gasteiger partial charge in [0.05, 0.1) is 6.04 Å². The summed E-state index contributed by atoms with van der Waals surface area (Å²) in [7, 11) is 0. The number of carboxylic acids is 1. The van der Waals surface area contributed by atoms with Crippen molar-refractivity contribution in [3.8, 4) is 0 Å². The standard InChI is InChI=1S/C15H26N2O3/c1-3-11-4-6-16-12(9-11)14(18)17-7-5-10(2)8-13(17)15(19)20/h10-13,16H,3-9H2,1-2H3,(H,19,20). The highest BCUT2D eigenvalue weighted by atomic mass is 16.4. The predicted octanol–water partition coefficient (Wildman–Crippen LogP) is 1.48. The number of hydrogen-bond acceptors (Lipinski definition) is 3. The van der Waals surface area contributed by atoms with Crippen molar-refractivity contribution < 1.29 is 14.7 Å². The van der Waals surface area contributed by atoms with Crippen molar-refractivity contribution in [2.24, 2.45) is 11.8 Å². The molecule has 0 aromatic heterocycles. The van der Waals surface area contributed by atoms with Gasteiger partial charge >= 0.3 is 5.97 Å². The van der Waals surface area contributed by atoms with Crippen molar-refractivity contribution in [1.82, 2.24) is 10.2 Å². The molecular formula is C15H26N2O3. The molecule has 2 aliphatic rings. The fraction of sp³-hybridized carbons (Fsp3) is 0.867. The average Bonchev–Trinajstić information content (AvgIpc) is 2.46. The topological polar surface area (TPSA) is 69.6 Å². The predicted molar refractivity (Wildman–Crippen MR) is 76.3 cm³/mol. The Hall–Kier alpha value is -1.10. The van der Waals surface area contributed by atoms with Gasteiger partial charge in [0.1, 0.15) is 6.04 Å². The van der Waals surface area contributed by atoms with Crippen molar-refractivity contribution in [3.63, 3.8) is 0 Å². The van der Waals surface area contributed by atoms with Crippen LogP contribution < -0.4 is 5.32 Å². The van der Waals surface area contributed by atoms with E-state index in [1.54, 1.807) is 4.90 Å². The molecule has 5 nitrogen and oxygen atoms in total. The number of amides is 1. The highest BCUT2D eigenvalue weighted by Gasteiger charge is 2.38. The molecule has 2 fully saturated rings. The fourth-order valence-electron chi connectivity index (χ4n) is 3.39. The number of nitrogens with zero attached hydrogens (tertiary/aromatic N) is 1. The summed E-state index contributed by atoms with van der Waals surface area (Å²) in [5.74, 6) is 0.0789. The van der Waals surface area contributed by atoms with Gasteiger partial charge in [-0.3, -0.25) is 4.79 Å². The Morgan fingerprint density at radius 3 is 2.70 bits per heavy atom. The zero-order valence-electron chi connectivity index (χ0n) is 12.5. The van der Waals surface area contributed by atoms with Crippen molar-refractivity contribution in [1.29, 1.82) is 0 Å². The molecule has 2 aliphatic heterocycles. The summed E-state index contributed by atoms with van der Waals surface area (Å²) in [6.45, 7) is 5.65. The van der Waals surface area contributed by atoms with E-state index in [0.717, 1.165) is 32.2 Å². The monoisotopic (exact) mass is 282 g/mol. The first-order valence-electron chi connectivity index (χ1n) is 7.79. The van der Waals surface area contributed by atoms with Crippen molar-refractivity contribution >= 4 is 11.9 Å². The molecule has 2 rings (SSSR count). The first-order chi connectivity index (χ1) is 9.52. The molecule has 0 radical (unpaired) electrons. The largest absolute Gasteiger partial charge is 0.480 e. The van der Waals surface area contributed by atoms with Crippen LogP contribution in [0.5, 0.6) is 0 Å². The number of likely N-dealkylation sites (tertiary alicyclic amines) is 1. The maximum atomic E-state index is 12.6.